The Balaban J connectivity index is 2.03. The highest BCUT2D eigenvalue weighted by molar-refractivity contribution is 7.95. The van der Waals surface area contributed by atoms with Crippen molar-refractivity contribution in [1.82, 2.24) is 0 Å². The second kappa shape index (κ2) is 4.54. The number of sulfone groups is 1. The number of benzene rings is 1. The van der Waals surface area contributed by atoms with Crippen LogP contribution in [0.4, 0.5) is 0 Å². The standard InChI is InChI=1S/C15H18O2S/c16-18(17)11-14(12-7-3-1-2-4-8-12)13-9-5-6-10-15(13)18/h5-6,9-12H,1-4,7-8H2. The molecule has 2 aliphatic rings. The number of rotatable bonds is 1. The van der Waals surface area contributed by atoms with Crippen LogP contribution >= 0.6 is 0 Å². The zero-order valence-electron chi connectivity index (χ0n) is 10.4. The molecular formula is C15H18O2S. The molecule has 1 saturated carbocycles. The maximum absolute atomic E-state index is 12.1. The van der Waals surface area contributed by atoms with E-state index < -0.39 is 9.84 Å². The minimum Gasteiger partial charge on any atom is -0.219 e. The second-order valence-corrected chi connectivity index (χ2v) is 7.07. The van der Waals surface area contributed by atoms with Gasteiger partial charge < -0.3 is 0 Å². The topological polar surface area (TPSA) is 34.1 Å². The average molecular weight is 262 g/mol. The Morgan fingerprint density at radius 1 is 0.944 bits per heavy atom. The Kier molecular flexibility index (Phi) is 3.02. The fourth-order valence-corrected chi connectivity index (χ4v) is 4.70. The normalized spacial score (nSPS) is 23.2. The van der Waals surface area contributed by atoms with E-state index >= 15 is 0 Å². The molecule has 0 saturated heterocycles. The molecule has 0 amide bonds. The van der Waals surface area contributed by atoms with Crippen LogP contribution in [0.5, 0.6) is 0 Å². The van der Waals surface area contributed by atoms with Gasteiger partial charge in [-0.15, -0.1) is 0 Å². The average Bonchev–Trinajstić information content (AvgIpc) is 2.58. The molecule has 0 aromatic heterocycles. The van der Waals surface area contributed by atoms with Crippen LogP contribution in [0.1, 0.15) is 44.1 Å². The lowest BCUT2D eigenvalue weighted by Gasteiger charge is -2.16. The van der Waals surface area contributed by atoms with Gasteiger partial charge in [0.05, 0.1) is 4.90 Å². The molecule has 3 rings (SSSR count). The van der Waals surface area contributed by atoms with E-state index in [1.807, 2.05) is 12.1 Å². The third-order valence-corrected chi connectivity index (χ3v) is 5.61. The summed E-state index contributed by atoms with van der Waals surface area (Å²) in [4.78, 5) is 0.504. The van der Waals surface area contributed by atoms with Gasteiger partial charge >= 0.3 is 0 Å². The van der Waals surface area contributed by atoms with Crippen LogP contribution in [0.25, 0.3) is 5.57 Å². The largest absolute Gasteiger partial charge is 0.219 e. The van der Waals surface area contributed by atoms with Gasteiger partial charge in [-0.1, -0.05) is 43.9 Å². The zero-order chi connectivity index (χ0) is 12.6. The van der Waals surface area contributed by atoms with Crippen LogP contribution in [-0.4, -0.2) is 8.42 Å². The zero-order valence-corrected chi connectivity index (χ0v) is 11.2. The van der Waals surface area contributed by atoms with Crippen molar-refractivity contribution >= 4 is 15.4 Å². The molecule has 0 N–H and O–H groups in total. The van der Waals surface area contributed by atoms with E-state index in [-0.39, 0.29) is 0 Å². The van der Waals surface area contributed by atoms with E-state index in [1.54, 1.807) is 12.1 Å². The van der Waals surface area contributed by atoms with E-state index in [0.717, 1.165) is 24.0 Å². The molecule has 1 fully saturated rings. The van der Waals surface area contributed by atoms with Crippen molar-refractivity contribution in [2.75, 3.05) is 0 Å². The molecule has 96 valence electrons. The van der Waals surface area contributed by atoms with E-state index in [1.165, 1.54) is 31.1 Å². The molecule has 18 heavy (non-hydrogen) atoms. The highest BCUT2D eigenvalue weighted by atomic mass is 32.2. The SMILES string of the molecule is O=S1(=O)C=C(C2CCCCCC2)c2ccccc21. The maximum Gasteiger partial charge on any atom is 0.200 e. The third-order valence-electron chi connectivity index (χ3n) is 4.08. The van der Waals surface area contributed by atoms with Gasteiger partial charge in [-0.25, -0.2) is 8.42 Å². The van der Waals surface area contributed by atoms with Gasteiger partial charge in [0, 0.05) is 5.41 Å². The summed E-state index contributed by atoms with van der Waals surface area (Å²) in [5, 5.41) is 1.52. The second-order valence-electron chi connectivity index (χ2n) is 5.30. The van der Waals surface area contributed by atoms with E-state index in [9.17, 15) is 8.42 Å². The summed E-state index contributed by atoms with van der Waals surface area (Å²) >= 11 is 0. The summed E-state index contributed by atoms with van der Waals surface area (Å²) in [7, 11) is -3.18. The number of hydrogen-bond donors (Lipinski definition) is 0. The number of fused-ring (bicyclic) bond motifs is 1. The Morgan fingerprint density at radius 3 is 2.33 bits per heavy atom. The van der Waals surface area contributed by atoms with Crippen LogP contribution in [0.2, 0.25) is 0 Å². The number of allylic oxidation sites excluding steroid dienone is 1. The smallest absolute Gasteiger partial charge is 0.200 e. The van der Waals surface area contributed by atoms with Gasteiger partial charge in [0.2, 0.25) is 9.84 Å². The Hall–Kier alpha value is -1.09. The summed E-state index contributed by atoms with van der Waals surface area (Å²) in [6.45, 7) is 0. The first-order valence-electron chi connectivity index (χ1n) is 6.74. The van der Waals surface area contributed by atoms with E-state index in [2.05, 4.69) is 0 Å². The molecule has 1 heterocycles. The third kappa shape index (κ3) is 2.01. The molecule has 0 spiro atoms. The van der Waals surface area contributed by atoms with Crippen LogP contribution in [0.3, 0.4) is 0 Å². The molecule has 1 aromatic carbocycles. The molecule has 0 bridgehead atoms. The van der Waals surface area contributed by atoms with Crippen LogP contribution < -0.4 is 0 Å². The lowest BCUT2D eigenvalue weighted by atomic mass is 9.88. The summed E-state index contributed by atoms with van der Waals surface area (Å²) in [6, 6.07) is 7.42. The van der Waals surface area contributed by atoms with Gasteiger partial charge in [-0.3, -0.25) is 0 Å². The molecule has 1 aliphatic heterocycles. The summed E-state index contributed by atoms with van der Waals surface area (Å²) in [5.74, 6) is 0.436. The van der Waals surface area contributed by atoms with Crippen molar-refractivity contribution in [1.29, 1.82) is 0 Å². The van der Waals surface area contributed by atoms with Crippen LogP contribution in [-0.2, 0) is 9.84 Å². The predicted octanol–water partition coefficient (Wildman–Crippen LogP) is 3.79. The van der Waals surface area contributed by atoms with Gasteiger partial charge in [0.1, 0.15) is 0 Å². The summed E-state index contributed by atoms with van der Waals surface area (Å²) in [5.41, 5.74) is 2.01. The van der Waals surface area contributed by atoms with Crippen molar-refractivity contribution in [3.8, 4) is 0 Å². The first kappa shape index (κ1) is 12.0. The quantitative estimate of drug-likeness (QED) is 0.722. The monoisotopic (exact) mass is 262 g/mol. The highest BCUT2D eigenvalue weighted by Gasteiger charge is 2.30. The van der Waals surface area contributed by atoms with E-state index in [0.29, 0.717) is 10.8 Å². The minimum atomic E-state index is -3.18. The minimum absolute atomic E-state index is 0.436. The van der Waals surface area contributed by atoms with Gasteiger partial charge in [0.15, 0.2) is 0 Å². The lowest BCUT2D eigenvalue weighted by molar-refractivity contribution is 0.575. The first-order chi connectivity index (χ1) is 8.68. The summed E-state index contributed by atoms with van der Waals surface area (Å²) in [6.07, 6.45) is 7.30. The van der Waals surface area contributed by atoms with Crippen molar-refractivity contribution in [2.45, 2.75) is 43.4 Å². The van der Waals surface area contributed by atoms with Crippen molar-refractivity contribution in [3.05, 3.63) is 35.2 Å². The van der Waals surface area contributed by atoms with Crippen molar-refractivity contribution < 1.29 is 8.42 Å². The van der Waals surface area contributed by atoms with Gasteiger partial charge in [-0.2, -0.15) is 0 Å². The molecule has 0 radical (unpaired) electrons. The van der Waals surface area contributed by atoms with Crippen LogP contribution in [0.15, 0.2) is 34.6 Å². The Labute approximate surface area is 109 Å². The van der Waals surface area contributed by atoms with Crippen molar-refractivity contribution in [3.63, 3.8) is 0 Å². The fourth-order valence-electron chi connectivity index (χ4n) is 3.15. The van der Waals surface area contributed by atoms with Gasteiger partial charge in [0.25, 0.3) is 0 Å². The van der Waals surface area contributed by atoms with Crippen molar-refractivity contribution in [2.24, 2.45) is 5.92 Å². The number of hydrogen-bond acceptors (Lipinski definition) is 2. The lowest BCUT2D eigenvalue weighted by Crippen LogP contribution is -2.01. The predicted molar refractivity (Wildman–Crippen MR) is 72.8 cm³/mol. The van der Waals surface area contributed by atoms with Crippen LogP contribution in [0, 0.1) is 5.92 Å². The Bertz CT molecular complexity index is 576. The van der Waals surface area contributed by atoms with E-state index in [4.69, 9.17) is 0 Å². The Morgan fingerprint density at radius 2 is 1.61 bits per heavy atom. The molecule has 0 atom stereocenters. The molecule has 3 heteroatoms. The maximum atomic E-state index is 12.1. The fraction of sp³-hybridized carbons (Fsp3) is 0.467. The molecular weight excluding hydrogens is 244 g/mol. The summed E-state index contributed by atoms with van der Waals surface area (Å²) < 4.78 is 24.2. The highest BCUT2D eigenvalue weighted by Crippen LogP contribution is 2.42. The molecule has 1 aromatic rings. The molecule has 0 unspecified atom stereocenters. The first-order valence-corrected chi connectivity index (χ1v) is 8.29. The molecule has 2 nitrogen and oxygen atoms in total. The molecule has 1 aliphatic carbocycles. The van der Waals surface area contributed by atoms with Gasteiger partial charge in [-0.05, 0) is 36.0 Å².